The van der Waals surface area contributed by atoms with Crippen molar-refractivity contribution in [3.05, 3.63) is 18.3 Å². The number of carbonyl (C=O) groups excluding carboxylic acids is 1. The predicted molar refractivity (Wildman–Crippen MR) is 67.3 cm³/mol. The fraction of sp³-hybridized carbons (Fsp3) is 0.455. The molecule has 0 saturated carbocycles. The molecule has 0 spiro atoms. The van der Waals surface area contributed by atoms with Gasteiger partial charge in [-0.3, -0.25) is 10.1 Å². The van der Waals surface area contributed by atoms with Crippen LogP contribution in [-0.4, -0.2) is 19.1 Å². The largest absolute Gasteiger partial charge is 1.00 e. The third-order valence-corrected chi connectivity index (χ3v) is 3.17. The van der Waals surface area contributed by atoms with Crippen LogP contribution in [0.1, 0.15) is 18.9 Å². The van der Waals surface area contributed by atoms with Crippen LogP contribution in [0.25, 0.3) is 0 Å². The molecule has 3 rings (SSSR count). The van der Waals surface area contributed by atoms with Crippen molar-refractivity contribution in [2.24, 2.45) is 0 Å². The Bertz CT molecular complexity index is 441. The summed E-state index contributed by atoms with van der Waals surface area (Å²) in [6.07, 6.45) is 3.61. The number of carbonyl (C=O) groups is 1. The number of piperidine rings is 1. The van der Waals surface area contributed by atoms with E-state index in [2.05, 4.69) is 26.6 Å². The van der Waals surface area contributed by atoms with E-state index in [9.17, 15) is 4.79 Å². The zero-order chi connectivity index (χ0) is 11.0. The number of rotatable bonds is 1. The molecule has 3 heterocycles. The number of hydrogen-bond acceptors (Lipinski definition) is 3. The monoisotopic (exact) mass is 290 g/mol. The number of nitrogens with zero attached hydrogens (tertiary/aromatic N) is 1. The molecular formula is C11H16Cl2N4O. The second-order valence-electron chi connectivity index (χ2n) is 4.20. The average Bonchev–Trinajstić information content (AvgIpc) is 2.76. The van der Waals surface area contributed by atoms with Crippen molar-refractivity contribution in [1.82, 2.24) is 5.32 Å². The smallest absolute Gasteiger partial charge is 0.299 e. The number of aromatic nitrogens is 1. The van der Waals surface area contributed by atoms with Gasteiger partial charge in [0.25, 0.3) is 5.82 Å². The fourth-order valence-corrected chi connectivity index (χ4v) is 2.38. The van der Waals surface area contributed by atoms with Gasteiger partial charge in [0, 0.05) is 13.0 Å². The molecule has 1 aromatic rings. The van der Waals surface area contributed by atoms with E-state index in [4.69, 9.17) is 0 Å². The molecule has 1 fully saturated rings. The Morgan fingerprint density at radius 1 is 1.28 bits per heavy atom. The molecule has 100 valence electrons. The van der Waals surface area contributed by atoms with Gasteiger partial charge in [-0.05, 0) is 12.1 Å². The molecule has 7 heteroatoms. The van der Waals surface area contributed by atoms with E-state index in [0.29, 0.717) is 6.42 Å². The second-order valence-corrected chi connectivity index (χ2v) is 4.20. The van der Waals surface area contributed by atoms with E-state index in [1.807, 2.05) is 12.3 Å². The molecule has 5 nitrogen and oxygen atoms in total. The van der Waals surface area contributed by atoms with Crippen molar-refractivity contribution in [1.29, 1.82) is 0 Å². The molecule has 1 aromatic heterocycles. The molecule has 18 heavy (non-hydrogen) atoms. The lowest BCUT2D eigenvalue weighted by Gasteiger charge is -2.21. The summed E-state index contributed by atoms with van der Waals surface area (Å²) < 4.78 is 2.17. The third kappa shape index (κ3) is 2.62. The van der Waals surface area contributed by atoms with Gasteiger partial charge in [0.2, 0.25) is 5.91 Å². The summed E-state index contributed by atoms with van der Waals surface area (Å²) in [7, 11) is 0. The zero-order valence-electron chi connectivity index (χ0n) is 9.78. The number of hydrogen-bond donors (Lipinski definition) is 3. The van der Waals surface area contributed by atoms with E-state index >= 15 is 0 Å². The maximum atomic E-state index is 11.4. The van der Waals surface area contributed by atoms with Crippen LogP contribution >= 0.6 is 12.4 Å². The van der Waals surface area contributed by atoms with E-state index < -0.39 is 0 Å². The first-order valence-electron chi connectivity index (χ1n) is 5.63. The minimum atomic E-state index is 0. The Morgan fingerprint density at radius 3 is 2.89 bits per heavy atom. The summed E-state index contributed by atoms with van der Waals surface area (Å²) in [5, 5.41) is 9.42. The molecular weight excluding hydrogens is 275 g/mol. The molecule has 0 radical (unpaired) electrons. The molecule has 2 aliphatic rings. The average molecular weight is 291 g/mol. The van der Waals surface area contributed by atoms with Crippen LogP contribution in [0.5, 0.6) is 0 Å². The van der Waals surface area contributed by atoms with Gasteiger partial charge in [-0.25, -0.2) is 4.57 Å². The van der Waals surface area contributed by atoms with Gasteiger partial charge in [-0.2, -0.15) is 0 Å². The summed E-state index contributed by atoms with van der Waals surface area (Å²) in [6, 6.07) is 4.34. The van der Waals surface area contributed by atoms with E-state index in [1.165, 1.54) is 0 Å². The number of pyridine rings is 1. The van der Waals surface area contributed by atoms with Crippen LogP contribution in [0.2, 0.25) is 0 Å². The Hall–Kier alpha value is -1.20. The minimum absolute atomic E-state index is 0. The summed E-state index contributed by atoms with van der Waals surface area (Å²) >= 11 is 0. The van der Waals surface area contributed by atoms with Crippen molar-refractivity contribution < 1.29 is 21.8 Å². The Labute approximate surface area is 118 Å². The van der Waals surface area contributed by atoms with Gasteiger partial charge in [-0.1, -0.05) is 0 Å². The SMILES string of the molecule is Cl.O=C1CC([n+]2cccc3c2NCN3)CCN1.[Cl-]. The van der Waals surface area contributed by atoms with Crippen molar-refractivity contribution in [3.63, 3.8) is 0 Å². The first-order chi connectivity index (χ1) is 7.84. The van der Waals surface area contributed by atoms with Gasteiger partial charge in [0.05, 0.1) is 12.6 Å². The van der Waals surface area contributed by atoms with Crippen molar-refractivity contribution in [2.45, 2.75) is 18.9 Å². The lowest BCUT2D eigenvalue weighted by atomic mass is 10.1. The molecule has 1 unspecified atom stereocenters. The van der Waals surface area contributed by atoms with E-state index in [-0.39, 0.29) is 36.8 Å². The summed E-state index contributed by atoms with van der Waals surface area (Å²) in [5.41, 5.74) is 1.12. The van der Waals surface area contributed by atoms with Gasteiger partial charge in [0.15, 0.2) is 6.67 Å². The molecule has 0 aromatic carbocycles. The summed E-state index contributed by atoms with van der Waals surface area (Å²) in [5.74, 6) is 1.24. The lowest BCUT2D eigenvalue weighted by Crippen LogP contribution is -3.00. The molecule has 2 aliphatic heterocycles. The summed E-state index contributed by atoms with van der Waals surface area (Å²) in [6.45, 7) is 1.53. The Kier molecular flexibility index (Phi) is 5.04. The molecule has 1 saturated heterocycles. The Morgan fingerprint density at radius 2 is 2.11 bits per heavy atom. The van der Waals surface area contributed by atoms with Gasteiger partial charge >= 0.3 is 0 Å². The van der Waals surface area contributed by atoms with Crippen LogP contribution in [0.3, 0.4) is 0 Å². The maximum Gasteiger partial charge on any atom is 0.299 e. The topological polar surface area (TPSA) is 57.0 Å². The highest BCUT2D eigenvalue weighted by Gasteiger charge is 2.29. The maximum absolute atomic E-state index is 11.4. The van der Waals surface area contributed by atoms with Gasteiger partial charge < -0.3 is 23.0 Å². The highest BCUT2D eigenvalue weighted by Crippen LogP contribution is 2.24. The van der Waals surface area contributed by atoms with E-state index in [0.717, 1.165) is 31.1 Å². The van der Waals surface area contributed by atoms with Gasteiger partial charge in [0.1, 0.15) is 11.7 Å². The molecule has 3 N–H and O–H groups in total. The number of amides is 1. The normalized spacial score (nSPS) is 20.4. The lowest BCUT2D eigenvalue weighted by molar-refractivity contribution is -0.709. The first kappa shape index (κ1) is 14.9. The number of fused-ring (bicyclic) bond motifs is 1. The van der Waals surface area contributed by atoms with Gasteiger partial charge in [-0.15, -0.1) is 12.4 Å². The highest BCUT2D eigenvalue weighted by molar-refractivity contribution is 5.85. The Balaban J connectivity index is 0.000000810. The van der Waals surface area contributed by atoms with Crippen molar-refractivity contribution >= 4 is 29.8 Å². The minimum Gasteiger partial charge on any atom is -1.00 e. The fourth-order valence-electron chi connectivity index (χ4n) is 2.38. The number of halogens is 2. The highest BCUT2D eigenvalue weighted by atomic mass is 35.5. The predicted octanol–water partition coefficient (Wildman–Crippen LogP) is -2.35. The van der Waals surface area contributed by atoms with Crippen LogP contribution in [0, 0.1) is 0 Å². The summed E-state index contributed by atoms with van der Waals surface area (Å²) in [4.78, 5) is 11.4. The zero-order valence-corrected chi connectivity index (χ0v) is 11.4. The first-order valence-corrected chi connectivity index (χ1v) is 5.63. The van der Waals surface area contributed by atoms with Crippen LogP contribution in [0.15, 0.2) is 18.3 Å². The molecule has 1 amide bonds. The quantitative estimate of drug-likeness (QED) is 0.508. The standard InChI is InChI=1S/C11H14N4O.2ClH/c16-10-6-8(3-4-12-10)15-5-1-2-9-11(15)14-7-13-9;;/h1-2,5,8,13H,3-4,6-7H2,(H,12,16);2*1H. The number of anilines is 2. The second kappa shape index (κ2) is 6.11. The molecule has 0 aliphatic carbocycles. The van der Waals surface area contributed by atoms with Crippen molar-refractivity contribution in [2.75, 3.05) is 23.8 Å². The molecule has 0 bridgehead atoms. The molecule has 1 atom stereocenters. The van der Waals surface area contributed by atoms with Crippen LogP contribution < -0.4 is 32.9 Å². The van der Waals surface area contributed by atoms with E-state index in [1.54, 1.807) is 0 Å². The van der Waals surface area contributed by atoms with Crippen LogP contribution in [-0.2, 0) is 4.79 Å². The van der Waals surface area contributed by atoms with Crippen molar-refractivity contribution in [3.8, 4) is 0 Å². The third-order valence-electron chi connectivity index (χ3n) is 3.17. The van der Waals surface area contributed by atoms with Crippen LogP contribution in [0.4, 0.5) is 11.5 Å². The number of nitrogens with one attached hydrogen (secondary N) is 3.